The van der Waals surface area contributed by atoms with Crippen molar-refractivity contribution in [3.8, 4) is 0 Å². The molecule has 0 saturated heterocycles. The molecule has 1 aliphatic carbocycles. The number of unbranched alkanes of at least 4 members (excludes halogenated alkanes) is 1. The lowest BCUT2D eigenvalue weighted by atomic mass is 9.99. The van der Waals surface area contributed by atoms with Gasteiger partial charge in [-0.3, -0.25) is 4.79 Å². The Morgan fingerprint density at radius 2 is 2.07 bits per heavy atom. The summed E-state index contributed by atoms with van der Waals surface area (Å²) in [6.07, 6.45) is 8.04. The summed E-state index contributed by atoms with van der Waals surface area (Å²) in [4.78, 5) is 11.6. The van der Waals surface area contributed by atoms with E-state index in [0.29, 0.717) is 12.5 Å². The lowest BCUT2D eigenvalue weighted by Gasteiger charge is -2.20. The van der Waals surface area contributed by atoms with Crippen LogP contribution in [-0.4, -0.2) is 17.3 Å². The molecule has 0 aromatic rings. The Hall–Kier alpha value is -0.0500. The van der Waals surface area contributed by atoms with E-state index in [1.165, 1.54) is 25.7 Å². The van der Waals surface area contributed by atoms with Crippen molar-refractivity contribution in [1.82, 2.24) is 5.32 Å². The van der Waals surface area contributed by atoms with E-state index in [4.69, 9.17) is 0 Å². The van der Waals surface area contributed by atoms with Crippen molar-refractivity contribution in [3.05, 3.63) is 0 Å². The second kappa shape index (κ2) is 7.26. The van der Waals surface area contributed by atoms with E-state index in [1.54, 1.807) is 0 Å². The lowest BCUT2D eigenvalue weighted by molar-refractivity contribution is -0.122. The van der Waals surface area contributed by atoms with Crippen LogP contribution in [-0.2, 0) is 4.79 Å². The molecule has 0 heterocycles. The molecule has 0 aromatic carbocycles. The maximum absolute atomic E-state index is 11.6. The fourth-order valence-corrected chi connectivity index (χ4v) is 2.68. The number of carbonyl (C=O) groups is 1. The number of amides is 1. The predicted molar refractivity (Wildman–Crippen MR) is 67.2 cm³/mol. The first-order valence-electron chi connectivity index (χ1n) is 6.09. The Bertz CT molecular complexity index is 190. The number of hydrogen-bond donors (Lipinski definition) is 1. The Kier molecular flexibility index (Phi) is 6.30. The molecule has 1 atom stereocenters. The van der Waals surface area contributed by atoms with Crippen LogP contribution >= 0.6 is 15.9 Å². The third kappa shape index (κ3) is 5.01. The van der Waals surface area contributed by atoms with Gasteiger partial charge >= 0.3 is 0 Å². The van der Waals surface area contributed by atoms with Crippen LogP contribution < -0.4 is 5.32 Å². The molecular formula is C12H22BrNO. The molecule has 1 rings (SSSR count). The Morgan fingerprint density at radius 1 is 1.40 bits per heavy atom. The van der Waals surface area contributed by atoms with Gasteiger partial charge in [0.15, 0.2) is 0 Å². The average molecular weight is 276 g/mol. The molecule has 0 radical (unpaired) electrons. The van der Waals surface area contributed by atoms with Crippen molar-refractivity contribution >= 4 is 21.8 Å². The van der Waals surface area contributed by atoms with E-state index in [-0.39, 0.29) is 5.91 Å². The molecule has 15 heavy (non-hydrogen) atoms. The molecule has 0 spiro atoms. The molecule has 0 aromatic heterocycles. The summed E-state index contributed by atoms with van der Waals surface area (Å²) >= 11 is 3.37. The second-order valence-corrected chi connectivity index (χ2v) is 5.34. The van der Waals surface area contributed by atoms with Gasteiger partial charge in [0.05, 0.1) is 0 Å². The summed E-state index contributed by atoms with van der Waals surface area (Å²) in [5, 5.41) is 4.12. The van der Waals surface area contributed by atoms with Crippen molar-refractivity contribution in [2.45, 2.75) is 57.9 Å². The first-order valence-corrected chi connectivity index (χ1v) is 7.21. The molecule has 1 unspecified atom stereocenters. The van der Waals surface area contributed by atoms with Gasteiger partial charge in [0.2, 0.25) is 5.91 Å². The van der Waals surface area contributed by atoms with Crippen LogP contribution in [0, 0.1) is 5.92 Å². The largest absolute Gasteiger partial charge is 0.353 e. The van der Waals surface area contributed by atoms with Crippen molar-refractivity contribution in [3.63, 3.8) is 0 Å². The smallest absolute Gasteiger partial charge is 0.220 e. The molecule has 2 nitrogen and oxygen atoms in total. The van der Waals surface area contributed by atoms with Crippen molar-refractivity contribution < 1.29 is 4.79 Å². The van der Waals surface area contributed by atoms with Gasteiger partial charge in [0.25, 0.3) is 0 Å². The Labute approximate surface area is 101 Å². The van der Waals surface area contributed by atoms with Crippen molar-refractivity contribution in [2.24, 2.45) is 5.92 Å². The highest BCUT2D eigenvalue weighted by molar-refractivity contribution is 9.09. The van der Waals surface area contributed by atoms with Gasteiger partial charge in [-0.25, -0.2) is 0 Å². The lowest BCUT2D eigenvalue weighted by Crippen LogP contribution is -2.37. The fourth-order valence-electron chi connectivity index (χ4n) is 2.28. The molecule has 1 saturated carbocycles. The molecule has 0 bridgehead atoms. The summed E-state index contributed by atoms with van der Waals surface area (Å²) < 4.78 is 0. The number of carbonyl (C=O) groups excluding carboxylic acids is 1. The SMILES string of the molecule is CC(NC(=O)CCCCBr)C1CCCC1. The van der Waals surface area contributed by atoms with Crippen molar-refractivity contribution in [1.29, 1.82) is 0 Å². The topological polar surface area (TPSA) is 29.1 Å². The number of halogens is 1. The molecule has 1 N–H and O–H groups in total. The van der Waals surface area contributed by atoms with E-state index in [9.17, 15) is 4.79 Å². The maximum Gasteiger partial charge on any atom is 0.220 e. The standard InChI is InChI=1S/C12H22BrNO/c1-10(11-6-2-3-7-11)14-12(15)8-4-5-9-13/h10-11H,2-9H2,1H3,(H,14,15). The minimum atomic E-state index is 0.232. The van der Waals surface area contributed by atoms with Gasteiger partial charge in [-0.15, -0.1) is 0 Å². The van der Waals surface area contributed by atoms with Gasteiger partial charge in [0, 0.05) is 17.8 Å². The van der Waals surface area contributed by atoms with Crippen LogP contribution in [0.25, 0.3) is 0 Å². The summed E-state index contributed by atoms with van der Waals surface area (Å²) in [6, 6.07) is 0.379. The van der Waals surface area contributed by atoms with E-state index in [2.05, 4.69) is 28.2 Å². The maximum atomic E-state index is 11.6. The average Bonchev–Trinajstić information content (AvgIpc) is 2.70. The van der Waals surface area contributed by atoms with Crippen LogP contribution in [0.5, 0.6) is 0 Å². The molecular weight excluding hydrogens is 254 g/mol. The highest BCUT2D eigenvalue weighted by Crippen LogP contribution is 2.27. The summed E-state index contributed by atoms with van der Waals surface area (Å²) in [5.74, 6) is 0.959. The zero-order valence-electron chi connectivity index (χ0n) is 9.60. The van der Waals surface area contributed by atoms with Gasteiger partial charge in [0.1, 0.15) is 0 Å². The van der Waals surface area contributed by atoms with E-state index < -0.39 is 0 Å². The number of rotatable bonds is 6. The van der Waals surface area contributed by atoms with Crippen LogP contribution in [0.15, 0.2) is 0 Å². The first-order chi connectivity index (χ1) is 7.24. The van der Waals surface area contributed by atoms with Crippen LogP contribution in [0.1, 0.15) is 51.9 Å². The summed E-state index contributed by atoms with van der Waals surface area (Å²) in [5.41, 5.74) is 0. The number of nitrogens with one attached hydrogen (secondary N) is 1. The fraction of sp³-hybridized carbons (Fsp3) is 0.917. The molecule has 1 amide bonds. The normalized spacial score (nSPS) is 19.1. The molecule has 88 valence electrons. The molecule has 0 aliphatic heterocycles. The van der Waals surface area contributed by atoms with Crippen molar-refractivity contribution in [2.75, 3.05) is 5.33 Å². The van der Waals surface area contributed by atoms with E-state index in [0.717, 1.165) is 24.1 Å². The quantitative estimate of drug-likeness (QED) is 0.585. The molecule has 1 aliphatic rings. The van der Waals surface area contributed by atoms with Gasteiger partial charge < -0.3 is 5.32 Å². The zero-order valence-corrected chi connectivity index (χ0v) is 11.2. The Morgan fingerprint density at radius 3 is 2.67 bits per heavy atom. The molecule has 3 heteroatoms. The minimum Gasteiger partial charge on any atom is -0.353 e. The van der Waals surface area contributed by atoms with E-state index >= 15 is 0 Å². The third-order valence-corrected chi connectivity index (χ3v) is 3.84. The number of alkyl halides is 1. The summed E-state index contributed by atoms with van der Waals surface area (Å²) in [7, 11) is 0. The first kappa shape index (κ1) is 13.0. The van der Waals surface area contributed by atoms with Gasteiger partial charge in [-0.2, -0.15) is 0 Å². The summed E-state index contributed by atoms with van der Waals surface area (Å²) in [6.45, 7) is 2.15. The Balaban J connectivity index is 2.13. The highest BCUT2D eigenvalue weighted by Gasteiger charge is 2.22. The van der Waals surface area contributed by atoms with Crippen LogP contribution in [0.4, 0.5) is 0 Å². The van der Waals surface area contributed by atoms with E-state index in [1.807, 2.05) is 0 Å². The van der Waals surface area contributed by atoms with Crippen LogP contribution in [0.2, 0.25) is 0 Å². The monoisotopic (exact) mass is 275 g/mol. The third-order valence-electron chi connectivity index (χ3n) is 3.28. The van der Waals surface area contributed by atoms with Gasteiger partial charge in [-0.1, -0.05) is 28.8 Å². The van der Waals surface area contributed by atoms with Crippen LogP contribution in [0.3, 0.4) is 0 Å². The number of hydrogen-bond acceptors (Lipinski definition) is 1. The predicted octanol–water partition coefficient (Wildman–Crippen LogP) is 3.25. The second-order valence-electron chi connectivity index (χ2n) is 4.55. The molecule has 1 fully saturated rings. The zero-order chi connectivity index (χ0) is 11.1. The van der Waals surface area contributed by atoms with Gasteiger partial charge in [-0.05, 0) is 38.5 Å². The highest BCUT2D eigenvalue weighted by atomic mass is 79.9. The minimum absolute atomic E-state index is 0.232.